The van der Waals surface area contributed by atoms with Gasteiger partial charge >= 0.3 is 0 Å². The summed E-state index contributed by atoms with van der Waals surface area (Å²) >= 11 is 2.87. The van der Waals surface area contributed by atoms with Crippen molar-refractivity contribution in [3.63, 3.8) is 0 Å². The quantitative estimate of drug-likeness (QED) is 0.699. The van der Waals surface area contributed by atoms with Crippen LogP contribution >= 0.6 is 23.1 Å². The van der Waals surface area contributed by atoms with Crippen LogP contribution < -0.4 is 4.90 Å². The summed E-state index contributed by atoms with van der Waals surface area (Å²) in [6.07, 6.45) is 4.19. The molecule has 2 aromatic heterocycles. The summed E-state index contributed by atoms with van der Waals surface area (Å²) in [4.78, 5) is 47.9. The van der Waals surface area contributed by atoms with E-state index in [-0.39, 0.29) is 24.3 Å². The van der Waals surface area contributed by atoms with Crippen molar-refractivity contribution in [1.29, 1.82) is 0 Å². The van der Waals surface area contributed by atoms with Crippen LogP contribution in [0.2, 0.25) is 0 Å². The molecule has 0 saturated heterocycles. The molecule has 3 amide bonds. The van der Waals surface area contributed by atoms with Crippen molar-refractivity contribution in [1.82, 2.24) is 19.4 Å². The Morgan fingerprint density at radius 3 is 2.75 bits per heavy atom. The average molecular weight is 420 g/mol. The lowest BCUT2D eigenvalue weighted by atomic mass is 10.0. The number of fused-ring (bicyclic) bond motifs is 3. The summed E-state index contributed by atoms with van der Waals surface area (Å²) in [7, 11) is 5.26. The molecule has 0 N–H and O–H groups in total. The first-order valence-electron chi connectivity index (χ1n) is 8.91. The van der Waals surface area contributed by atoms with Crippen LogP contribution in [0.5, 0.6) is 0 Å². The zero-order chi connectivity index (χ0) is 20.0. The van der Waals surface area contributed by atoms with E-state index in [2.05, 4.69) is 4.98 Å². The number of thiophene rings is 1. The maximum atomic E-state index is 12.8. The second kappa shape index (κ2) is 7.25. The van der Waals surface area contributed by atoms with Crippen LogP contribution in [-0.4, -0.2) is 70.0 Å². The van der Waals surface area contributed by atoms with Gasteiger partial charge in [-0.25, -0.2) is 4.98 Å². The number of hydrogen-bond donors (Lipinski definition) is 0. The van der Waals surface area contributed by atoms with E-state index in [0.717, 1.165) is 15.6 Å². The minimum atomic E-state index is -0.115. The topological polar surface area (TPSA) is 78.8 Å². The van der Waals surface area contributed by atoms with Gasteiger partial charge in [-0.05, 0) is 12.0 Å². The van der Waals surface area contributed by atoms with Crippen LogP contribution in [0.1, 0.15) is 20.8 Å². The number of carbonyl (C=O) groups is 3. The molecule has 4 rings (SSSR count). The first kappa shape index (κ1) is 19.0. The molecule has 2 aromatic rings. The number of nitrogens with zero attached hydrogens (tertiary/aromatic N) is 5. The zero-order valence-electron chi connectivity index (χ0n) is 16.0. The molecule has 2 aliphatic rings. The highest BCUT2D eigenvalue weighted by molar-refractivity contribution is 7.99. The lowest BCUT2D eigenvalue weighted by Gasteiger charge is -2.27. The van der Waals surface area contributed by atoms with E-state index in [4.69, 9.17) is 0 Å². The summed E-state index contributed by atoms with van der Waals surface area (Å²) in [5, 5.41) is 1.50. The molecule has 0 radical (unpaired) electrons. The molecule has 0 spiro atoms. The number of thioether (sulfide) groups is 1. The van der Waals surface area contributed by atoms with E-state index >= 15 is 0 Å². The van der Waals surface area contributed by atoms with Crippen LogP contribution in [0.3, 0.4) is 0 Å². The highest BCUT2D eigenvalue weighted by Gasteiger charge is 2.36. The van der Waals surface area contributed by atoms with E-state index in [9.17, 15) is 14.4 Å². The summed E-state index contributed by atoms with van der Waals surface area (Å²) in [6, 6.07) is 0. The van der Waals surface area contributed by atoms with Crippen LogP contribution in [0, 0.1) is 0 Å². The SMILES string of the molecule is CN1CC(=O)N(C)c2sc3c(c2C1=O)CCN(C(=O)CSc1nccn1C)C3. The van der Waals surface area contributed by atoms with Crippen molar-refractivity contribution in [2.45, 2.75) is 18.1 Å². The number of aromatic nitrogens is 2. The Bertz CT molecular complexity index is 967. The summed E-state index contributed by atoms with van der Waals surface area (Å²) in [5.41, 5.74) is 1.62. The van der Waals surface area contributed by atoms with Crippen molar-refractivity contribution in [2.24, 2.45) is 7.05 Å². The standard InChI is InChI=1S/C18H21N5O3S2/c1-20-7-5-19-18(20)27-10-14(25)23-6-4-11-12(8-23)28-17-15(11)16(26)21(2)9-13(24)22(17)3/h5,7H,4,6,8-10H2,1-3H3. The lowest BCUT2D eigenvalue weighted by Crippen LogP contribution is -2.38. The Labute approximate surface area is 171 Å². The third kappa shape index (κ3) is 3.20. The van der Waals surface area contributed by atoms with Gasteiger partial charge in [0.1, 0.15) is 11.5 Å². The van der Waals surface area contributed by atoms with E-state index in [1.54, 1.807) is 25.2 Å². The van der Waals surface area contributed by atoms with E-state index in [1.807, 2.05) is 22.7 Å². The predicted octanol–water partition coefficient (Wildman–Crippen LogP) is 1.21. The van der Waals surface area contributed by atoms with E-state index in [0.29, 0.717) is 35.8 Å². The van der Waals surface area contributed by atoms with Gasteiger partial charge in [0.25, 0.3) is 5.91 Å². The molecule has 8 nitrogen and oxygen atoms in total. The summed E-state index contributed by atoms with van der Waals surface area (Å²) < 4.78 is 1.89. The van der Waals surface area contributed by atoms with Crippen LogP contribution in [0.4, 0.5) is 5.00 Å². The number of rotatable bonds is 3. The first-order valence-corrected chi connectivity index (χ1v) is 10.7. The number of amides is 3. The van der Waals surface area contributed by atoms with Gasteiger partial charge < -0.3 is 19.3 Å². The number of likely N-dealkylation sites (N-methyl/N-ethyl adjacent to an activating group) is 2. The van der Waals surface area contributed by atoms with E-state index in [1.165, 1.54) is 28.0 Å². The van der Waals surface area contributed by atoms with Crippen LogP contribution in [0.15, 0.2) is 17.6 Å². The van der Waals surface area contributed by atoms with Crippen molar-refractivity contribution >= 4 is 45.8 Å². The fraction of sp³-hybridized carbons (Fsp3) is 0.444. The number of aryl methyl sites for hydroxylation is 1. The molecular weight excluding hydrogens is 398 g/mol. The van der Waals surface area contributed by atoms with Gasteiger partial charge in [-0.15, -0.1) is 11.3 Å². The third-order valence-electron chi connectivity index (χ3n) is 5.10. The van der Waals surface area contributed by atoms with Crippen LogP contribution in [0.25, 0.3) is 0 Å². The summed E-state index contributed by atoms with van der Waals surface area (Å²) in [5.74, 6) is 0.156. The van der Waals surface area contributed by atoms with Gasteiger partial charge in [-0.2, -0.15) is 0 Å². The third-order valence-corrected chi connectivity index (χ3v) is 7.44. The first-order chi connectivity index (χ1) is 13.4. The maximum absolute atomic E-state index is 12.8. The molecule has 0 aliphatic carbocycles. The lowest BCUT2D eigenvalue weighted by molar-refractivity contribution is -0.129. The number of carbonyl (C=O) groups excluding carboxylic acids is 3. The average Bonchev–Trinajstić information content (AvgIpc) is 3.25. The molecule has 0 aromatic carbocycles. The van der Waals surface area contributed by atoms with Crippen molar-refractivity contribution in [2.75, 3.05) is 37.8 Å². The highest BCUT2D eigenvalue weighted by atomic mass is 32.2. The van der Waals surface area contributed by atoms with Crippen LogP contribution in [-0.2, 0) is 29.6 Å². The molecule has 10 heteroatoms. The Kier molecular flexibility index (Phi) is 4.92. The Morgan fingerprint density at radius 1 is 1.25 bits per heavy atom. The minimum Gasteiger partial charge on any atom is -0.336 e. The molecule has 28 heavy (non-hydrogen) atoms. The van der Waals surface area contributed by atoms with Gasteiger partial charge in [0.2, 0.25) is 11.8 Å². The van der Waals surface area contributed by atoms with Gasteiger partial charge in [0, 0.05) is 45.0 Å². The zero-order valence-corrected chi connectivity index (χ0v) is 17.6. The molecule has 0 unspecified atom stereocenters. The van der Waals surface area contributed by atoms with E-state index < -0.39 is 0 Å². The fourth-order valence-electron chi connectivity index (χ4n) is 3.45. The smallest absolute Gasteiger partial charge is 0.257 e. The molecule has 0 fully saturated rings. The number of imidazole rings is 1. The molecule has 0 saturated carbocycles. The molecule has 4 heterocycles. The largest absolute Gasteiger partial charge is 0.336 e. The van der Waals surface area contributed by atoms with Gasteiger partial charge in [-0.3, -0.25) is 14.4 Å². The Balaban J connectivity index is 1.53. The van der Waals surface area contributed by atoms with Gasteiger partial charge in [0.15, 0.2) is 5.16 Å². The second-order valence-corrected chi connectivity index (χ2v) is 9.00. The normalized spacial score (nSPS) is 16.9. The molecule has 0 atom stereocenters. The Morgan fingerprint density at radius 2 is 2.04 bits per heavy atom. The molecule has 0 bridgehead atoms. The second-order valence-electron chi connectivity index (χ2n) is 6.97. The predicted molar refractivity (Wildman–Crippen MR) is 108 cm³/mol. The Hall–Kier alpha value is -2.33. The monoisotopic (exact) mass is 419 g/mol. The molecular formula is C18H21N5O3S2. The number of hydrogen-bond acceptors (Lipinski definition) is 6. The van der Waals surface area contributed by atoms with Gasteiger partial charge in [0.05, 0.1) is 17.9 Å². The number of anilines is 1. The summed E-state index contributed by atoms with van der Waals surface area (Å²) in [6.45, 7) is 1.14. The van der Waals surface area contributed by atoms with Crippen molar-refractivity contribution < 1.29 is 14.4 Å². The highest BCUT2D eigenvalue weighted by Crippen LogP contribution is 2.40. The minimum absolute atomic E-state index is 0.0510. The molecule has 148 valence electrons. The fourth-order valence-corrected chi connectivity index (χ4v) is 5.62. The van der Waals surface area contributed by atoms with Crippen molar-refractivity contribution in [3.05, 3.63) is 28.4 Å². The molecule has 2 aliphatic heterocycles. The van der Waals surface area contributed by atoms with Crippen molar-refractivity contribution in [3.8, 4) is 0 Å². The maximum Gasteiger partial charge on any atom is 0.257 e. The van der Waals surface area contributed by atoms with Gasteiger partial charge in [-0.1, -0.05) is 11.8 Å².